The van der Waals surface area contributed by atoms with Crippen LogP contribution in [0.2, 0.25) is 0 Å². The van der Waals surface area contributed by atoms with E-state index in [9.17, 15) is 8.78 Å². The maximum Gasteiger partial charge on any atom is 0.133 e. The predicted octanol–water partition coefficient (Wildman–Crippen LogP) is 4.75. The number of nitrogens with one attached hydrogen (secondary N) is 1. The molecule has 1 aromatic rings. The van der Waals surface area contributed by atoms with Gasteiger partial charge in [-0.3, -0.25) is 0 Å². The second-order valence-corrected chi connectivity index (χ2v) is 6.30. The predicted molar refractivity (Wildman–Crippen MR) is 76.2 cm³/mol. The van der Waals surface area contributed by atoms with Gasteiger partial charge >= 0.3 is 0 Å². The highest BCUT2D eigenvalue weighted by Crippen LogP contribution is 2.30. The fourth-order valence-electron chi connectivity index (χ4n) is 2.17. The molecule has 0 aliphatic carbocycles. The molecule has 0 aliphatic rings. The number of hydrogen-bond donors (Lipinski definition) is 1. The molecule has 0 aromatic heterocycles. The fraction of sp³-hybridized carbons (Fsp3) is 0.625. The summed E-state index contributed by atoms with van der Waals surface area (Å²) < 4.78 is 28.1. The van der Waals surface area contributed by atoms with E-state index in [1.54, 1.807) is 6.92 Å². The molecule has 0 aliphatic heterocycles. The van der Waals surface area contributed by atoms with Crippen molar-refractivity contribution in [3.8, 4) is 0 Å². The van der Waals surface area contributed by atoms with Crippen molar-refractivity contribution < 1.29 is 8.78 Å². The molecule has 0 radical (unpaired) electrons. The number of benzene rings is 1. The molecule has 1 unspecified atom stereocenters. The molecule has 3 heteroatoms. The van der Waals surface area contributed by atoms with Crippen molar-refractivity contribution in [1.29, 1.82) is 0 Å². The van der Waals surface area contributed by atoms with Crippen LogP contribution in [0.15, 0.2) is 12.1 Å². The van der Waals surface area contributed by atoms with Crippen molar-refractivity contribution >= 4 is 0 Å². The van der Waals surface area contributed by atoms with Crippen LogP contribution in [0.5, 0.6) is 0 Å². The molecule has 0 fully saturated rings. The minimum absolute atomic E-state index is 0.157. The molecule has 0 spiro atoms. The quantitative estimate of drug-likeness (QED) is 0.813. The number of halogens is 2. The average Bonchev–Trinajstić information content (AvgIpc) is 2.30. The minimum atomic E-state index is -0.456. The third-order valence-corrected chi connectivity index (χ3v) is 3.30. The van der Waals surface area contributed by atoms with Gasteiger partial charge in [0.1, 0.15) is 11.6 Å². The van der Waals surface area contributed by atoms with E-state index in [0.717, 1.165) is 12.8 Å². The summed E-state index contributed by atoms with van der Waals surface area (Å²) >= 11 is 0. The normalized spacial score (nSPS) is 13.6. The lowest BCUT2D eigenvalue weighted by atomic mass is 9.86. The molecule has 0 saturated heterocycles. The lowest BCUT2D eigenvalue weighted by Gasteiger charge is -2.25. The first kappa shape index (κ1) is 16.1. The van der Waals surface area contributed by atoms with Gasteiger partial charge in [0.05, 0.1) is 0 Å². The Bertz CT molecular complexity index is 421. The van der Waals surface area contributed by atoms with E-state index < -0.39 is 11.6 Å². The number of hydrogen-bond acceptors (Lipinski definition) is 1. The Kier molecular flexibility index (Phi) is 5.48. The summed E-state index contributed by atoms with van der Waals surface area (Å²) in [5, 5.41) is 3.20. The Hall–Kier alpha value is -0.960. The van der Waals surface area contributed by atoms with Gasteiger partial charge in [0.15, 0.2) is 0 Å². The largest absolute Gasteiger partial charge is 0.310 e. The van der Waals surface area contributed by atoms with Crippen molar-refractivity contribution in [2.45, 2.75) is 53.5 Å². The number of aryl methyl sites for hydroxylation is 1. The van der Waals surface area contributed by atoms with Crippen molar-refractivity contribution in [3.05, 3.63) is 34.9 Å². The van der Waals surface area contributed by atoms with E-state index in [2.05, 4.69) is 26.1 Å². The Morgan fingerprint density at radius 2 is 1.84 bits per heavy atom. The Morgan fingerprint density at radius 3 is 2.37 bits per heavy atom. The molecular formula is C16H25F2N. The van der Waals surface area contributed by atoms with Crippen LogP contribution >= 0.6 is 0 Å². The molecule has 1 atom stereocenters. The van der Waals surface area contributed by atoms with Gasteiger partial charge in [-0.05, 0) is 43.4 Å². The van der Waals surface area contributed by atoms with Crippen LogP contribution in [0.1, 0.15) is 57.7 Å². The maximum absolute atomic E-state index is 14.2. The first-order chi connectivity index (χ1) is 8.76. The molecule has 0 heterocycles. The van der Waals surface area contributed by atoms with Crippen molar-refractivity contribution in [2.75, 3.05) is 6.54 Å². The van der Waals surface area contributed by atoms with E-state index >= 15 is 0 Å². The smallest absolute Gasteiger partial charge is 0.133 e. The van der Waals surface area contributed by atoms with Crippen molar-refractivity contribution in [3.63, 3.8) is 0 Å². The molecular weight excluding hydrogens is 244 g/mol. The van der Waals surface area contributed by atoms with Gasteiger partial charge in [-0.1, -0.05) is 33.8 Å². The zero-order valence-corrected chi connectivity index (χ0v) is 12.6. The Labute approximate surface area is 115 Å². The van der Waals surface area contributed by atoms with Gasteiger partial charge < -0.3 is 5.32 Å². The van der Waals surface area contributed by atoms with Crippen LogP contribution in [-0.2, 0) is 0 Å². The second kappa shape index (κ2) is 6.47. The van der Waals surface area contributed by atoms with Gasteiger partial charge in [0.25, 0.3) is 0 Å². The molecule has 108 valence electrons. The molecule has 0 amide bonds. The zero-order chi connectivity index (χ0) is 14.6. The standard InChI is InChI=1S/C16H25F2N/c1-6-19-13(9-10-16(3,4)5)14-12(17)8-7-11(2)15(14)18/h7-8,13,19H,6,9-10H2,1-5H3. The van der Waals surface area contributed by atoms with Gasteiger partial charge in [-0.15, -0.1) is 0 Å². The van der Waals surface area contributed by atoms with Crippen LogP contribution in [0, 0.1) is 24.0 Å². The summed E-state index contributed by atoms with van der Waals surface area (Å²) in [6.45, 7) is 10.7. The van der Waals surface area contributed by atoms with Crippen molar-refractivity contribution in [1.82, 2.24) is 5.32 Å². The summed E-state index contributed by atoms with van der Waals surface area (Å²) in [5.74, 6) is -0.872. The summed E-state index contributed by atoms with van der Waals surface area (Å²) in [6, 6.07) is 2.58. The van der Waals surface area contributed by atoms with Crippen LogP contribution < -0.4 is 5.32 Å². The Morgan fingerprint density at radius 1 is 1.21 bits per heavy atom. The monoisotopic (exact) mass is 269 g/mol. The lowest BCUT2D eigenvalue weighted by Crippen LogP contribution is -2.25. The van der Waals surface area contributed by atoms with E-state index in [0.29, 0.717) is 12.1 Å². The summed E-state index contributed by atoms with van der Waals surface area (Å²) in [4.78, 5) is 0. The fourth-order valence-corrected chi connectivity index (χ4v) is 2.17. The highest BCUT2D eigenvalue weighted by molar-refractivity contribution is 5.29. The average molecular weight is 269 g/mol. The molecule has 1 nitrogen and oxygen atoms in total. The summed E-state index contributed by atoms with van der Waals surface area (Å²) in [7, 11) is 0. The third kappa shape index (κ3) is 4.57. The first-order valence-corrected chi connectivity index (χ1v) is 6.94. The SMILES string of the molecule is CCNC(CCC(C)(C)C)c1c(F)ccc(C)c1F. The molecule has 0 bridgehead atoms. The molecule has 1 rings (SSSR count). The van der Waals surface area contributed by atoms with Gasteiger partial charge in [-0.25, -0.2) is 8.78 Å². The highest BCUT2D eigenvalue weighted by Gasteiger charge is 2.22. The number of rotatable bonds is 5. The molecule has 0 saturated carbocycles. The van der Waals surface area contributed by atoms with Crippen LogP contribution in [-0.4, -0.2) is 6.54 Å². The second-order valence-electron chi connectivity index (χ2n) is 6.30. The van der Waals surface area contributed by atoms with Crippen LogP contribution in [0.25, 0.3) is 0 Å². The highest BCUT2D eigenvalue weighted by atomic mass is 19.1. The zero-order valence-electron chi connectivity index (χ0n) is 12.6. The van der Waals surface area contributed by atoms with Gasteiger partial charge in [0, 0.05) is 11.6 Å². The summed E-state index contributed by atoms with van der Waals surface area (Å²) in [6.07, 6.45) is 1.64. The van der Waals surface area contributed by atoms with Gasteiger partial charge in [0.2, 0.25) is 0 Å². The lowest BCUT2D eigenvalue weighted by molar-refractivity contribution is 0.326. The third-order valence-electron chi connectivity index (χ3n) is 3.30. The van der Waals surface area contributed by atoms with E-state index in [4.69, 9.17) is 0 Å². The molecule has 1 N–H and O–H groups in total. The van der Waals surface area contributed by atoms with E-state index in [1.165, 1.54) is 12.1 Å². The first-order valence-electron chi connectivity index (χ1n) is 6.94. The van der Waals surface area contributed by atoms with E-state index in [1.807, 2.05) is 6.92 Å². The molecule has 1 aromatic carbocycles. The van der Waals surface area contributed by atoms with Gasteiger partial charge in [-0.2, -0.15) is 0 Å². The van der Waals surface area contributed by atoms with Crippen LogP contribution in [0.4, 0.5) is 8.78 Å². The topological polar surface area (TPSA) is 12.0 Å². The summed E-state index contributed by atoms with van der Waals surface area (Å²) in [5.41, 5.74) is 0.839. The maximum atomic E-state index is 14.2. The van der Waals surface area contributed by atoms with E-state index in [-0.39, 0.29) is 17.0 Å². The Balaban J connectivity index is 3.02. The molecule has 19 heavy (non-hydrogen) atoms. The van der Waals surface area contributed by atoms with Crippen LogP contribution in [0.3, 0.4) is 0 Å². The minimum Gasteiger partial charge on any atom is -0.310 e. The van der Waals surface area contributed by atoms with Crippen molar-refractivity contribution in [2.24, 2.45) is 5.41 Å².